The molecule has 0 atom stereocenters. The van der Waals surface area contributed by atoms with Crippen LogP contribution in [-0.2, 0) is 0 Å². The molecule has 0 aromatic heterocycles. The van der Waals surface area contributed by atoms with Crippen molar-refractivity contribution in [2.24, 2.45) is 5.41 Å². The summed E-state index contributed by atoms with van der Waals surface area (Å²) in [6.07, 6.45) is 5.53. The molecule has 0 saturated carbocycles. The highest BCUT2D eigenvalue weighted by Crippen LogP contribution is 2.37. The zero-order valence-electron chi connectivity index (χ0n) is 14.4. The SMILES string of the molecule is CCN(CC)CCNCCN1CCC(CC)(CC)CC1. The standard InChI is InChI=1S/C17H37N3/c1-5-17(6-2)9-13-20(14-10-17)16-12-18-11-15-19(7-3)8-4/h18H,5-16H2,1-4H3. The minimum Gasteiger partial charge on any atom is -0.314 e. The van der Waals surface area contributed by atoms with E-state index in [4.69, 9.17) is 0 Å². The summed E-state index contributed by atoms with van der Waals surface area (Å²) in [5, 5.41) is 3.60. The maximum atomic E-state index is 3.60. The van der Waals surface area contributed by atoms with Gasteiger partial charge in [0.1, 0.15) is 0 Å². The molecule has 120 valence electrons. The van der Waals surface area contributed by atoms with Gasteiger partial charge in [-0.05, 0) is 44.4 Å². The molecule has 1 heterocycles. The third-order valence-corrected chi connectivity index (χ3v) is 5.52. The molecule has 0 bridgehead atoms. The van der Waals surface area contributed by atoms with Crippen LogP contribution in [0.15, 0.2) is 0 Å². The summed E-state index contributed by atoms with van der Waals surface area (Å²) < 4.78 is 0. The summed E-state index contributed by atoms with van der Waals surface area (Å²) >= 11 is 0. The molecule has 1 rings (SSSR count). The van der Waals surface area contributed by atoms with Gasteiger partial charge in [0.05, 0.1) is 0 Å². The van der Waals surface area contributed by atoms with Gasteiger partial charge in [-0.25, -0.2) is 0 Å². The van der Waals surface area contributed by atoms with Crippen LogP contribution in [0.25, 0.3) is 0 Å². The smallest absolute Gasteiger partial charge is 0.0107 e. The van der Waals surface area contributed by atoms with Gasteiger partial charge in [-0.3, -0.25) is 0 Å². The maximum absolute atomic E-state index is 3.60. The van der Waals surface area contributed by atoms with Crippen LogP contribution in [-0.4, -0.2) is 62.2 Å². The summed E-state index contributed by atoms with van der Waals surface area (Å²) in [5.41, 5.74) is 0.659. The Balaban J connectivity index is 2.07. The van der Waals surface area contributed by atoms with E-state index >= 15 is 0 Å². The minimum atomic E-state index is 0.659. The molecule has 3 nitrogen and oxygen atoms in total. The number of likely N-dealkylation sites (tertiary alicyclic amines) is 1. The van der Waals surface area contributed by atoms with E-state index in [1.807, 2.05) is 0 Å². The van der Waals surface area contributed by atoms with Gasteiger partial charge < -0.3 is 15.1 Å². The van der Waals surface area contributed by atoms with Gasteiger partial charge in [-0.15, -0.1) is 0 Å². The Morgan fingerprint density at radius 3 is 2.05 bits per heavy atom. The van der Waals surface area contributed by atoms with E-state index in [0.717, 1.165) is 13.1 Å². The minimum absolute atomic E-state index is 0.659. The molecule has 20 heavy (non-hydrogen) atoms. The van der Waals surface area contributed by atoms with Gasteiger partial charge in [-0.1, -0.05) is 40.5 Å². The second-order valence-corrected chi connectivity index (χ2v) is 6.33. The largest absolute Gasteiger partial charge is 0.314 e. The Labute approximate surface area is 127 Å². The van der Waals surface area contributed by atoms with E-state index in [1.165, 1.54) is 65.0 Å². The predicted molar refractivity (Wildman–Crippen MR) is 89.3 cm³/mol. The number of piperidine rings is 1. The van der Waals surface area contributed by atoms with E-state index in [0.29, 0.717) is 5.41 Å². The van der Waals surface area contributed by atoms with Crippen LogP contribution in [0.4, 0.5) is 0 Å². The second-order valence-electron chi connectivity index (χ2n) is 6.33. The van der Waals surface area contributed by atoms with Crippen LogP contribution < -0.4 is 5.32 Å². The lowest BCUT2D eigenvalue weighted by molar-refractivity contribution is 0.0960. The van der Waals surface area contributed by atoms with Crippen LogP contribution in [0.3, 0.4) is 0 Å². The average Bonchev–Trinajstić information content (AvgIpc) is 2.51. The van der Waals surface area contributed by atoms with Gasteiger partial charge >= 0.3 is 0 Å². The van der Waals surface area contributed by atoms with E-state index < -0.39 is 0 Å². The predicted octanol–water partition coefficient (Wildman–Crippen LogP) is 2.82. The lowest BCUT2D eigenvalue weighted by atomic mass is 9.74. The van der Waals surface area contributed by atoms with Crippen molar-refractivity contribution in [3.8, 4) is 0 Å². The van der Waals surface area contributed by atoms with Crippen molar-refractivity contribution < 1.29 is 0 Å². The first kappa shape index (κ1) is 17.9. The Bertz CT molecular complexity index is 224. The monoisotopic (exact) mass is 283 g/mol. The molecule has 0 spiro atoms. The fraction of sp³-hybridized carbons (Fsp3) is 1.00. The molecule has 0 radical (unpaired) electrons. The van der Waals surface area contributed by atoms with Gasteiger partial charge in [-0.2, -0.15) is 0 Å². The number of hydrogen-bond acceptors (Lipinski definition) is 3. The number of likely N-dealkylation sites (N-methyl/N-ethyl adjacent to an activating group) is 1. The van der Waals surface area contributed by atoms with Crippen LogP contribution in [0.2, 0.25) is 0 Å². The number of rotatable bonds is 10. The van der Waals surface area contributed by atoms with Gasteiger partial charge in [0, 0.05) is 26.2 Å². The molecular formula is C17H37N3. The van der Waals surface area contributed by atoms with E-state index in [9.17, 15) is 0 Å². The van der Waals surface area contributed by atoms with Crippen molar-refractivity contribution in [2.75, 3.05) is 52.4 Å². The van der Waals surface area contributed by atoms with Crippen LogP contribution in [0, 0.1) is 5.41 Å². The zero-order valence-corrected chi connectivity index (χ0v) is 14.4. The second kappa shape index (κ2) is 9.75. The number of hydrogen-bond donors (Lipinski definition) is 1. The number of nitrogens with one attached hydrogen (secondary N) is 1. The number of nitrogens with zero attached hydrogens (tertiary/aromatic N) is 2. The summed E-state index contributed by atoms with van der Waals surface area (Å²) in [6.45, 7) is 18.8. The van der Waals surface area contributed by atoms with Gasteiger partial charge in [0.15, 0.2) is 0 Å². The van der Waals surface area contributed by atoms with E-state index in [2.05, 4.69) is 42.8 Å². The molecule has 3 heteroatoms. The molecule has 0 aromatic carbocycles. The van der Waals surface area contributed by atoms with Crippen LogP contribution in [0.5, 0.6) is 0 Å². The molecular weight excluding hydrogens is 246 g/mol. The Hall–Kier alpha value is -0.120. The Morgan fingerprint density at radius 1 is 0.950 bits per heavy atom. The molecule has 1 fully saturated rings. The fourth-order valence-electron chi connectivity index (χ4n) is 3.35. The van der Waals surface area contributed by atoms with Gasteiger partial charge in [0.25, 0.3) is 0 Å². The van der Waals surface area contributed by atoms with Crippen molar-refractivity contribution in [1.29, 1.82) is 0 Å². The van der Waals surface area contributed by atoms with Crippen LogP contribution in [0.1, 0.15) is 53.4 Å². The van der Waals surface area contributed by atoms with E-state index in [1.54, 1.807) is 0 Å². The quantitative estimate of drug-likeness (QED) is 0.622. The first-order valence-electron chi connectivity index (χ1n) is 8.85. The normalized spacial score (nSPS) is 19.6. The highest BCUT2D eigenvalue weighted by Gasteiger charge is 2.30. The van der Waals surface area contributed by atoms with Crippen LogP contribution >= 0.6 is 0 Å². The molecule has 1 aliphatic heterocycles. The summed E-state index contributed by atoms with van der Waals surface area (Å²) in [5.74, 6) is 0. The van der Waals surface area contributed by atoms with Crippen molar-refractivity contribution >= 4 is 0 Å². The molecule has 1 aliphatic rings. The lowest BCUT2D eigenvalue weighted by Crippen LogP contribution is -2.43. The molecule has 0 unspecified atom stereocenters. The first-order valence-corrected chi connectivity index (χ1v) is 8.85. The van der Waals surface area contributed by atoms with Gasteiger partial charge in [0.2, 0.25) is 0 Å². The Kier molecular flexibility index (Phi) is 8.74. The van der Waals surface area contributed by atoms with Crippen molar-refractivity contribution in [3.05, 3.63) is 0 Å². The summed E-state index contributed by atoms with van der Waals surface area (Å²) in [6, 6.07) is 0. The van der Waals surface area contributed by atoms with Crippen molar-refractivity contribution in [2.45, 2.75) is 53.4 Å². The molecule has 0 aromatic rings. The maximum Gasteiger partial charge on any atom is 0.0107 e. The average molecular weight is 284 g/mol. The highest BCUT2D eigenvalue weighted by molar-refractivity contribution is 4.84. The molecule has 1 saturated heterocycles. The highest BCUT2D eigenvalue weighted by atomic mass is 15.2. The third kappa shape index (κ3) is 5.71. The third-order valence-electron chi connectivity index (χ3n) is 5.52. The molecule has 0 aliphatic carbocycles. The topological polar surface area (TPSA) is 18.5 Å². The summed E-state index contributed by atoms with van der Waals surface area (Å²) in [7, 11) is 0. The molecule has 0 amide bonds. The van der Waals surface area contributed by atoms with Crippen molar-refractivity contribution in [1.82, 2.24) is 15.1 Å². The zero-order chi connectivity index (χ0) is 14.8. The Morgan fingerprint density at radius 2 is 1.55 bits per heavy atom. The summed E-state index contributed by atoms with van der Waals surface area (Å²) in [4.78, 5) is 5.12. The van der Waals surface area contributed by atoms with Crippen molar-refractivity contribution in [3.63, 3.8) is 0 Å². The lowest BCUT2D eigenvalue weighted by Gasteiger charge is -2.41. The molecule has 1 N–H and O–H groups in total. The first-order chi connectivity index (χ1) is 9.69. The van der Waals surface area contributed by atoms with E-state index in [-0.39, 0.29) is 0 Å². The fourth-order valence-corrected chi connectivity index (χ4v) is 3.35.